The van der Waals surface area contributed by atoms with Crippen LogP contribution in [-0.4, -0.2) is 36.7 Å². The molecule has 2 heterocycles. The molecule has 0 bridgehead atoms. The van der Waals surface area contributed by atoms with Gasteiger partial charge >= 0.3 is 0 Å². The average molecular weight is 370 g/mol. The number of rotatable bonds is 5. The van der Waals surface area contributed by atoms with Crippen molar-refractivity contribution >= 4 is 42.1 Å². The molecule has 0 aliphatic carbocycles. The van der Waals surface area contributed by atoms with Gasteiger partial charge in [0.15, 0.2) is 0 Å². The molecule has 3 N–H and O–H groups in total. The van der Waals surface area contributed by atoms with Gasteiger partial charge in [-0.25, -0.2) is 4.98 Å². The maximum atomic E-state index is 12.0. The van der Waals surface area contributed by atoms with E-state index in [0.29, 0.717) is 19.8 Å². The van der Waals surface area contributed by atoms with Crippen LogP contribution in [0.1, 0.15) is 28.4 Å². The zero-order valence-corrected chi connectivity index (χ0v) is 15.4. The number of amides is 1. The Morgan fingerprint density at radius 2 is 2.05 bits per heavy atom. The molecule has 8 heteroatoms. The molecule has 1 atom stereocenters. The maximum Gasteiger partial charge on any atom is 0.237 e. The SMILES string of the molecule is Cc1nc(CCNC(=O)C(N)C2CCOCC2)sc1C.Cl.Cl. The van der Waals surface area contributed by atoms with E-state index in [2.05, 4.69) is 17.2 Å². The van der Waals surface area contributed by atoms with Gasteiger partial charge in [-0.2, -0.15) is 0 Å². The smallest absolute Gasteiger partial charge is 0.237 e. The second-order valence-electron chi connectivity index (χ2n) is 5.27. The molecule has 1 unspecified atom stereocenters. The lowest BCUT2D eigenvalue weighted by atomic mass is 9.92. The number of aromatic nitrogens is 1. The summed E-state index contributed by atoms with van der Waals surface area (Å²) in [6, 6.07) is -0.418. The van der Waals surface area contributed by atoms with Crippen LogP contribution in [0.2, 0.25) is 0 Å². The van der Waals surface area contributed by atoms with Crippen molar-refractivity contribution in [3.8, 4) is 0 Å². The van der Waals surface area contributed by atoms with E-state index in [4.69, 9.17) is 10.5 Å². The largest absolute Gasteiger partial charge is 0.381 e. The topological polar surface area (TPSA) is 77.2 Å². The highest BCUT2D eigenvalue weighted by Crippen LogP contribution is 2.18. The summed E-state index contributed by atoms with van der Waals surface area (Å²) in [5.41, 5.74) is 7.10. The first-order valence-electron chi connectivity index (χ1n) is 7.12. The Hall–Kier alpha value is -0.400. The summed E-state index contributed by atoms with van der Waals surface area (Å²) in [7, 11) is 0. The summed E-state index contributed by atoms with van der Waals surface area (Å²) in [5.74, 6) is 0.190. The van der Waals surface area contributed by atoms with Gasteiger partial charge in [-0.05, 0) is 32.6 Å². The lowest BCUT2D eigenvalue weighted by molar-refractivity contribution is -0.124. The number of carbonyl (C=O) groups excluding carboxylic acids is 1. The number of aryl methyl sites for hydroxylation is 2. The molecule has 128 valence electrons. The molecule has 1 aromatic rings. The van der Waals surface area contributed by atoms with E-state index in [-0.39, 0.29) is 36.6 Å². The molecule has 5 nitrogen and oxygen atoms in total. The van der Waals surface area contributed by atoms with Gasteiger partial charge in [-0.3, -0.25) is 4.79 Å². The molecule has 22 heavy (non-hydrogen) atoms. The second kappa shape index (κ2) is 10.4. The molecular formula is C14H25Cl2N3O2S. The number of hydrogen-bond acceptors (Lipinski definition) is 5. The second-order valence-corrected chi connectivity index (χ2v) is 6.55. The quantitative estimate of drug-likeness (QED) is 0.831. The lowest BCUT2D eigenvalue weighted by Gasteiger charge is -2.26. The average Bonchev–Trinajstić information content (AvgIpc) is 2.77. The van der Waals surface area contributed by atoms with Gasteiger partial charge in [-0.15, -0.1) is 36.2 Å². The normalized spacial score (nSPS) is 16.3. The van der Waals surface area contributed by atoms with Crippen molar-refractivity contribution in [3.05, 3.63) is 15.6 Å². The Balaban J connectivity index is 0.00000220. The predicted molar refractivity (Wildman–Crippen MR) is 94.3 cm³/mol. The van der Waals surface area contributed by atoms with E-state index < -0.39 is 6.04 Å². The van der Waals surface area contributed by atoms with Gasteiger partial charge in [0.05, 0.1) is 16.7 Å². The minimum absolute atomic E-state index is 0. The molecule has 1 saturated heterocycles. The number of ether oxygens (including phenoxy) is 1. The molecule has 1 fully saturated rings. The third kappa shape index (κ3) is 6.01. The minimum Gasteiger partial charge on any atom is -0.381 e. The van der Waals surface area contributed by atoms with E-state index in [1.54, 1.807) is 11.3 Å². The molecule has 0 spiro atoms. The lowest BCUT2D eigenvalue weighted by Crippen LogP contribution is -2.47. The number of thiazole rings is 1. The van der Waals surface area contributed by atoms with Crippen molar-refractivity contribution in [2.24, 2.45) is 11.7 Å². The van der Waals surface area contributed by atoms with E-state index >= 15 is 0 Å². The Bertz CT molecular complexity index is 445. The molecule has 1 aromatic heterocycles. The highest BCUT2D eigenvalue weighted by atomic mass is 35.5. The van der Waals surface area contributed by atoms with Crippen LogP contribution < -0.4 is 11.1 Å². The van der Waals surface area contributed by atoms with E-state index in [1.807, 2.05) is 6.92 Å². The van der Waals surface area contributed by atoms with Gasteiger partial charge < -0.3 is 15.8 Å². The highest BCUT2D eigenvalue weighted by molar-refractivity contribution is 7.11. The maximum absolute atomic E-state index is 12.0. The van der Waals surface area contributed by atoms with Crippen LogP contribution in [0, 0.1) is 19.8 Å². The number of nitrogens with one attached hydrogen (secondary N) is 1. The van der Waals surface area contributed by atoms with Crippen LogP contribution in [0.4, 0.5) is 0 Å². The first kappa shape index (κ1) is 21.6. The van der Waals surface area contributed by atoms with Crippen molar-refractivity contribution in [1.82, 2.24) is 10.3 Å². The number of nitrogens with zero attached hydrogens (tertiary/aromatic N) is 1. The number of nitrogens with two attached hydrogens (primary N) is 1. The molecule has 0 saturated carbocycles. The van der Waals surface area contributed by atoms with Gasteiger partial charge in [0.25, 0.3) is 0 Å². The highest BCUT2D eigenvalue weighted by Gasteiger charge is 2.26. The Kier molecular flexibility index (Phi) is 10.2. The van der Waals surface area contributed by atoms with Crippen LogP contribution in [0.5, 0.6) is 0 Å². The zero-order valence-electron chi connectivity index (χ0n) is 13.0. The van der Waals surface area contributed by atoms with Crippen LogP contribution in [0.3, 0.4) is 0 Å². The van der Waals surface area contributed by atoms with Crippen LogP contribution in [0.15, 0.2) is 0 Å². The number of carbonyl (C=O) groups is 1. The van der Waals surface area contributed by atoms with Crippen LogP contribution in [0.25, 0.3) is 0 Å². The molecule has 0 radical (unpaired) electrons. The summed E-state index contributed by atoms with van der Waals surface area (Å²) >= 11 is 1.69. The summed E-state index contributed by atoms with van der Waals surface area (Å²) in [6.07, 6.45) is 2.52. The summed E-state index contributed by atoms with van der Waals surface area (Å²) in [5, 5.41) is 3.99. The van der Waals surface area contributed by atoms with Crippen molar-refractivity contribution in [1.29, 1.82) is 0 Å². The van der Waals surface area contributed by atoms with Crippen molar-refractivity contribution in [3.63, 3.8) is 0 Å². The number of halogens is 2. The summed E-state index contributed by atoms with van der Waals surface area (Å²) in [6.45, 7) is 6.10. The first-order chi connectivity index (χ1) is 9.58. The molecule has 1 aliphatic rings. The summed E-state index contributed by atoms with van der Waals surface area (Å²) < 4.78 is 5.29. The molecule has 2 rings (SSSR count). The van der Waals surface area contributed by atoms with Crippen molar-refractivity contribution in [2.45, 2.75) is 39.2 Å². The third-order valence-electron chi connectivity index (χ3n) is 3.79. The Labute approximate surface area is 148 Å². The van der Waals surface area contributed by atoms with Crippen LogP contribution >= 0.6 is 36.2 Å². The predicted octanol–water partition coefficient (Wildman–Crippen LogP) is 2.02. The number of hydrogen-bond donors (Lipinski definition) is 2. The monoisotopic (exact) mass is 369 g/mol. The molecule has 1 aliphatic heterocycles. The summed E-state index contributed by atoms with van der Waals surface area (Å²) in [4.78, 5) is 17.7. The van der Waals surface area contributed by atoms with Gasteiger partial charge in [0.1, 0.15) is 0 Å². The van der Waals surface area contributed by atoms with Crippen molar-refractivity contribution < 1.29 is 9.53 Å². The van der Waals surface area contributed by atoms with E-state index in [0.717, 1.165) is 30.0 Å². The van der Waals surface area contributed by atoms with Gasteiger partial charge in [0, 0.05) is 31.1 Å². The van der Waals surface area contributed by atoms with E-state index in [1.165, 1.54) is 4.88 Å². The fourth-order valence-corrected chi connectivity index (χ4v) is 3.28. The fraction of sp³-hybridized carbons (Fsp3) is 0.714. The Morgan fingerprint density at radius 1 is 1.41 bits per heavy atom. The Morgan fingerprint density at radius 3 is 2.59 bits per heavy atom. The molecule has 1 amide bonds. The van der Waals surface area contributed by atoms with E-state index in [9.17, 15) is 4.79 Å². The van der Waals surface area contributed by atoms with Gasteiger partial charge in [0.2, 0.25) is 5.91 Å². The third-order valence-corrected chi connectivity index (χ3v) is 4.92. The fourth-order valence-electron chi connectivity index (χ4n) is 2.35. The standard InChI is InChI=1S/C14H23N3O2S.2ClH/c1-9-10(2)20-12(17-9)3-6-16-14(18)13(15)11-4-7-19-8-5-11;;/h11,13H,3-8,15H2,1-2H3,(H,16,18);2*1H. The van der Waals surface area contributed by atoms with Gasteiger partial charge in [-0.1, -0.05) is 0 Å². The van der Waals surface area contributed by atoms with Crippen molar-refractivity contribution in [2.75, 3.05) is 19.8 Å². The minimum atomic E-state index is -0.418. The van der Waals surface area contributed by atoms with Crippen LogP contribution in [-0.2, 0) is 16.0 Å². The molecule has 0 aromatic carbocycles. The zero-order chi connectivity index (χ0) is 14.5. The first-order valence-corrected chi connectivity index (χ1v) is 7.93. The molecular weight excluding hydrogens is 345 g/mol.